The number of rotatable bonds is 5. The van der Waals surface area contributed by atoms with E-state index in [4.69, 9.17) is 5.11 Å². The summed E-state index contributed by atoms with van der Waals surface area (Å²) in [4.78, 5) is 33.1. The van der Waals surface area contributed by atoms with Crippen molar-refractivity contribution in [3.63, 3.8) is 0 Å². The van der Waals surface area contributed by atoms with Crippen LogP contribution in [-0.4, -0.2) is 41.5 Å². The molecule has 116 valence electrons. The Morgan fingerprint density at radius 3 is 2.64 bits per heavy atom. The Bertz CT molecular complexity index is 761. The molecule has 2 heterocycles. The Balaban J connectivity index is 2.14. The monoisotopic (exact) mass is 308 g/mol. The first-order chi connectivity index (χ1) is 10.3. The van der Waals surface area contributed by atoms with Crippen LogP contribution in [0.15, 0.2) is 12.4 Å². The minimum Gasteiger partial charge on any atom is -0.476 e. The number of nitrogens with zero attached hydrogens (tertiary/aromatic N) is 5. The van der Waals surface area contributed by atoms with Crippen molar-refractivity contribution in [2.75, 3.05) is 5.32 Å². The number of carbonyl (C=O) groups is 2. The number of carbonyl (C=O) groups excluding carboxylic acids is 1. The van der Waals surface area contributed by atoms with Gasteiger partial charge in [-0.05, 0) is 6.92 Å². The first-order valence-electron chi connectivity index (χ1n) is 6.03. The zero-order valence-corrected chi connectivity index (χ0v) is 11.7. The summed E-state index contributed by atoms with van der Waals surface area (Å²) in [5.74, 6) is -1.81. The maximum absolute atomic E-state index is 11.9. The molecule has 0 fully saturated rings. The number of aryl methyl sites for hydroxylation is 1. The van der Waals surface area contributed by atoms with Gasteiger partial charge in [-0.1, -0.05) is 0 Å². The van der Waals surface area contributed by atoms with Crippen LogP contribution in [0.2, 0.25) is 0 Å². The zero-order chi connectivity index (χ0) is 16.4. The third-order valence-electron chi connectivity index (χ3n) is 2.98. The van der Waals surface area contributed by atoms with Gasteiger partial charge in [-0.15, -0.1) is 0 Å². The third-order valence-corrected chi connectivity index (χ3v) is 2.98. The van der Waals surface area contributed by atoms with Crippen molar-refractivity contribution in [1.29, 1.82) is 0 Å². The molecule has 11 heteroatoms. The topological polar surface area (TPSA) is 145 Å². The van der Waals surface area contributed by atoms with Crippen molar-refractivity contribution in [2.24, 2.45) is 7.05 Å². The molecule has 0 saturated carbocycles. The number of carboxylic acid groups (broad SMARTS) is 1. The number of nitrogens with one attached hydrogen (secondary N) is 1. The zero-order valence-electron chi connectivity index (χ0n) is 11.7. The second kappa shape index (κ2) is 5.63. The van der Waals surface area contributed by atoms with E-state index in [1.165, 1.54) is 20.2 Å². The molecular formula is C11H12N6O5. The molecule has 2 aromatic heterocycles. The van der Waals surface area contributed by atoms with Crippen LogP contribution in [0, 0.1) is 17.0 Å². The van der Waals surface area contributed by atoms with Crippen LogP contribution in [-0.2, 0) is 18.4 Å². The molecule has 0 aromatic carbocycles. The average molecular weight is 308 g/mol. The van der Waals surface area contributed by atoms with Gasteiger partial charge in [0.2, 0.25) is 5.91 Å². The Kier molecular flexibility index (Phi) is 3.88. The lowest BCUT2D eigenvalue weighted by Gasteiger charge is -2.06. The molecule has 22 heavy (non-hydrogen) atoms. The predicted molar refractivity (Wildman–Crippen MR) is 72.4 cm³/mol. The van der Waals surface area contributed by atoms with E-state index in [-0.39, 0.29) is 29.3 Å². The number of aromatic carboxylic acids is 1. The van der Waals surface area contributed by atoms with Crippen molar-refractivity contribution < 1.29 is 19.6 Å². The highest BCUT2D eigenvalue weighted by Gasteiger charge is 2.20. The number of nitro groups is 1. The van der Waals surface area contributed by atoms with Gasteiger partial charge >= 0.3 is 11.7 Å². The molecule has 0 saturated heterocycles. The Hall–Kier alpha value is -3.24. The van der Waals surface area contributed by atoms with Gasteiger partial charge in [0.15, 0.2) is 5.69 Å². The van der Waals surface area contributed by atoms with Gasteiger partial charge in [-0.25, -0.2) is 4.79 Å². The molecule has 2 aromatic rings. The summed E-state index contributed by atoms with van der Waals surface area (Å²) < 4.78 is 2.27. The number of hydrogen-bond acceptors (Lipinski definition) is 6. The quantitative estimate of drug-likeness (QED) is 0.591. The molecular weight excluding hydrogens is 296 g/mol. The lowest BCUT2D eigenvalue weighted by Crippen LogP contribution is -2.21. The summed E-state index contributed by atoms with van der Waals surface area (Å²) in [5.41, 5.74) is -0.0963. The second-order valence-corrected chi connectivity index (χ2v) is 4.41. The van der Waals surface area contributed by atoms with Crippen molar-refractivity contribution in [1.82, 2.24) is 19.6 Å². The van der Waals surface area contributed by atoms with Gasteiger partial charge in [0, 0.05) is 7.05 Å². The second-order valence-electron chi connectivity index (χ2n) is 4.41. The van der Waals surface area contributed by atoms with Crippen molar-refractivity contribution in [2.45, 2.75) is 13.5 Å². The van der Waals surface area contributed by atoms with E-state index >= 15 is 0 Å². The molecule has 2 rings (SSSR count). The normalized spacial score (nSPS) is 10.5. The summed E-state index contributed by atoms with van der Waals surface area (Å²) in [6.45, 7) is 1.18. The summed E-state index contributed by atoms with van der Waals surface area (Å²) in [6.07, 6.45) is 2.26. The average Bonchev–Trinajstić information content (AvgIpc) is 2.94. The third kappa shape index (κ3) is 2.77. The number of aromatic nitrogens is 4. The summed E-state index contributed by atoms with van der Waals surface area (Å²) in [6, 6.07) is 0. The molecule has 0 bridgehead atoms. The Morgan fingerprint density at radius 1 is 1.41 bits per heavy atom. The van der Waals surface area contributed by atoms with Gasteiger partial charge in [0.05, 0.1) is 16.8 Å². The van der Waals surface area contributed by atoms with E-state index in [0.29, 0.717) is 0 Å². The van der Waals surface area contributed by atoms with Gasteiger partial charge < -0.3 is 10.4 Å². The summed E-state index contributed by atoms with van der Waals surface area (Å²) in [5, 5.41) is 29.7. The molecule has 0 atom stereocenters. The van der Waals surface area contributed by atoms with Crippen LogP contribution >= 0.6 is 0 Å². The van der Waals surface area contributed by atoms with E-state index in [1.54, 1.807) is 0 Å². The van der Waals surface area contributed by atoms with Crippen LogP contribution in [0.4, 0.5) is 11.4 Å². The molecule has 11 nitrogen and oxygen atoms in total. The molecule has 0 spiro atoms. The van der Waals surface area contributed by atoms with Crippen LogP contribution in [0.5, 0.6) is 0 Å². The minimum atomic E-state index is -1.23. The standard InChI is InChI=1S/C11H12N6O5/c1-6-8(17(21)22)4-13-16(6)5-9(18)14-7-3-12-15(2)10(7)11(19)20/h3-4H,5H2,1-2H3,(H,14,18)(H,19,20). The SMILES string of the molecule is Cc1c([N+](=O)[O-])cnn1CC(=O)Nc1cnn(C)c1C(=O)O. The number of amides is 1. The van der Waals surface area contributed by atoms with Crippen molar-refractivity contribution in [3.8, 4) is 0 Å². The number of hydrogen-bond donors (Lipinski definition) is 2. The fourth-order valence-corrected chi connectivity index (χ4v) is 1.88. The lowest BCUT2D eigenvalue weighted by molar-refractivity contribution is -0.385. The highest BCUT2D eigenvalue weighted by atomic mass is 16.6. The maximum Gasteiger partial charge on any atom is 0.356 e. The highest BCUT2D eigenvalue weighted by molar-refractivity contribution is 5.99. The highest BCUT2D eigenvalue weighted by Crippen LogP contribution is 2.17. The number of carboxylic acids is 1. The van der Waals surface area contributed by atoms with Crippen molar-refractivity contribution in [3.05, 3.63) is 33.9 Å². The van der Waals surface area contributed by atoms with Gasteiger partial charge in [0.25, 0.3) is 0 Å². The fraction of sp³-hybridized carbons (Fsp3) is 0.273. The number of anilines is 1. The van der Waals surface area contributed by atoms with Gasteiger partial charge in [0.1, 0.15) is 18.4 Å². The minimum absolute atomic E-state index is 0.0410. The largest absolute Gasteiger partial charge is 0.476 e. The van der Waals surface area contributed by atoms with Crippen LogP contribution < -0.4 is 5.32 Å². The van der Waals surface area contributed by atoms with Crippen LogP contribution in [0.3, 0.4) is 0 Å². The lowest BCUT2D eigenvalue weighted by atomic mass is 10.3. The molecule has 1 amide bonds. The molecule has 0 aliphatic carbocycles. The van der Waals surface area contributed by atoms with E-state index in [9.17, 15) is 19.7 Å². The molecule has 0 aliphatic heterocycles. The molecule has 0 aliphatic rings. The van der Waals surface area contributed by atoms with E-state index in [0.717, 1.165) is 15.6 Å². The molecule has 0 unspecified atom stereocenters. The van der Waals surface area contributed by atoms with Crippen LogP contribution in [0.1, 0.15) is 16.2 Å². The van der Waals surface area contributed by atoms with E-state index in [2.05, 4.69) is 15.5 Å². The summed E-state index contributed by atoms with van der Waals surface area (Å²) >= 11 is 0. The van der Waals surface area contributed by atoms with Gasteiger partial charge in [-0.3, -0.25) is 24.3 Å². The predicted octanol–water partition coefficient (Wildman–Crippen LogP) is 0.170. The fourth-order valence-electron chi connectivity index (χ4n) is 1.88. The maximum atomic E-state index is 11.9. The first-order valence-corrected chi connectivity index (χ1v) is 6.03. The van der Waals surface area contributed by atoms with E-state index in [1.807, 2.05) is 0 Å². The first kappa shape index (κ1) is 15.2. The van der Waals surface area contributed by atoms with Crippen molar-refractivity contribution >= 4 is 23.3 Å². The molecule has 0 radical (unpaired) electrons. The van der Waals surface area contributed by atoms with Crippen LogP contribution in [0.25, 0.3) is 0 Å². The Morgan fingerprint density at radius 2 is 2.09 bits per heavy atom. The Labute approximate surface area is 123 Å². The summed E-state index contributed by atoms with van der Waals surface area (Å²) in [7, 11) is 1.43. The smallest absolute Gasteiger partial charge is 0.356 e. The van der Waals surface area contributed by atoms with Gasteiger partial charge in [-0.2, -0.15) is 10.2 Å². The molecule has 2 N–H and O–H groups in total. The van der Waals surface area contributed by atoms with E-state index < -0.39 is 16.8 Å².